The summed E-state index contributed by atoms with van der Waals surface area (Å²) in [5.74, 6) is -2.19. The summed E-state index contributed by atoms with van der Waals surface area (Å²) in [6.45, 7) is -0.0144. The number of imide groups is 1. The van der Waals surface area contributed by atoms with Crippen LogP contribution in [0.25, 0.3) is 0 Å². The van der Waals surface area contributed by atoms with Crippen molar-refractivity contribution in [1.82, 2.24) is 4.90 Å². The van der Waals surface area contributed by atoms with Crippen molar-refractivity contribution in [3.05, 3.63) is 0 Å². The number of carboxylic acid groups (broad SMARTS) is 1. The fourth-order valence-corrected chi connectivity index (χ4v) is 3.20. The summed E-state index contributed by atoms with van der Waals surface area (Å²) in [6.07, 6.45) is 1.22. The molecule has 2 amide bonds. The van der Waals surface area contributed by atoms with Crippen molar-refractivity contribution in [2.24, 2.45) is 11.8 Å². The third-order valence-electron chi connectivity index (χ3n) is 3.92. The average Bonchev–Trinajstić information content (AvgIpc) is 2.92. The van der Waals surface area contributed by atoms with Crippen molar-refractivity contribution in [3.8, 4) is 0 Å². The van der Waals surface area contributed by atoms with E-state index in [1.807, 2.05) is 0 Å². The first kappa shape index (κ1) is 10.7. The van der Waals surface area contributed by atoms with E-state index >= 15 is 0 Å². The van der Waals surface area contributed by atoms with Gasteiger partial charge in [-0.05, 0) is 12.8 Å². The van der Waals surface area contributed by atoms with Gasteiger partial charge in [-0.2, -0.15) is 0 Å². The van der Waals surface area contributed by atoms with Gasteiger partial charge in [0, 0.05) is 6.54 Å². The molecule has 3 fully saturated rings. The molecule has 0 aromatic carbocycles. The average molecular weight is 239 g/mol. The molecular weight excluding hydrogens is 226 g/mol. The van der Waals surface area contributed by atoms with E-state index in [1.54, 1.807) is 0 Å². The van der Waals surface area contributed by atoms with Gasteiger partial charge in [-0.15, -0.1) is 0 Å². The molecule has 17 heavy (non-hydrogen) atoms. The Balaban J connectivity index is 1.78. The first-order valence-electron chi connectivity index (χ1n) is 5.82. The number of aliphatic carboxylic acids is 1. The van der Waals surface area contributed by atoms with E-state index in [-0.39, 0.29) is 48.8 Å². The molecule has 1 N–H and O–H groups in total. The molecule has 4 unspecified atom stereocenters. The van der Waals surface area contributed by atoms with Gasteiger partial charge in [-0.25, -0.2) is 0 Å². The molecule has 4 atom stereocenters. The van der Waals surface area contributed by atoms with Crippen molar-refractivity contribution in [2.75, 3.05) is 6.54 Å². The Morgan fingerprint density at radius 1 is 1.24 bits per heavy atom. The number of rotatable bonds is 3. The SMILES string of the molecule is O=C(O)CCN1C(=O)C2C3CCC(O3)C2C1=O. The van der Waals surface area contributed by atoms with Crippen molar-refractivity contribution >= 4 is 17.8 Å². The minimum Gasteiger partial charge on any atom is -0.481 e. The van der Waals surface area contributed by atoms with Gasteiger partial charge in [-0.3, -0.25) is 19.3 Å². The van der Waals surface area contributed by atoms with E-state index in [4.69, 9.17) is 9.84 Å². The maximum atomic E-state index is 12.0. The Bertz CT molecular complexity index is 379. The van der Waals surface area contributed by atoms with Gasteiger partial charge in [0.15, 0.2) is 0 Å². The second-order valence-electron chi connectivity index (χ2n) is 4.81. The van der Waals surface area contributed by atoms with Crippen molar-refractivity contribution in [2.45, 2.75) is 31.5 Å². The van der Waals surface area contributed by atoms with Gasteiger partial charge in [0.05, 0.1) is 30.5 Å². The maximum Gasteiger partial charge on any atom is 0.305 e. The summed E-state index contributed by atoms with van der Waals surface area (Å²) in [5.41, 5.74) is 0. The van der Waals surface area contributed by atoms with Crippen LogP contribution in [0.5, 0.6) is 0 Å². The minimum atomic E-state index is -0.998. The van der Waals surface area contributed by atoms with Crippen molar-refractivity contribution < 1.29 is 24.2 Å². The number of carboxylic acids is 1. The second-order valence-corrected chi connectivity index (χ2v) is 4.81. The normalized spacial score (nSPS) is 38.9. The molecule has 3 saturated heterocycles. The van der Waals surface area contributed by atoms with Crippen LogP contribution in [0.15, 0.2) is 0 Å². The Hall–Kier alpha value is -1.43. The molecule has 0 saturated carbocycles. The van der Waals surface area contributed by atoms with E-state index < -0.39 is 5.97 Å². The number of likely N-dealkylation sites (tertiary alicyclic amines) is 1. The largest absolute Gasteiger partial charge is 0.481 e. The number of hydrogen-bond acceptors (Lipinski definition) is 4. The topological polar surface area (TPSA) is 83.9 Å². The summed E-state index contributed by atoms with van der Waals surface area (Å²) >= 11 is 0. The van der Waals surface area contributed by atoms with Gasteiger partial charge in [0.2, 0.25) is 11.8 Å². The lowest BCUT2D eigenvalue weighted by Crippen LogP contribution is -2.35. The summed E-state index contributed by atoms with van der Waals surface area (Å²) < 4.78 is 5.57. The number of ether oxygens (including phenoxy) is 1. The maximum absolute atomic E-state index is 12.0. The number of carbonyl (C=O) groups excluding carboxylic acids is 2. The monoisotopic (exact) mass is 239 g/mol. The summed E-state index contributed by atoms with van der Waals surface area (Å²) in [6, 6.07) is 0. The van der Waals surface area contributed by atoms with Crippen molar-refractivity contribution in [1.29, 1.82) is 0 Å². The van der Waals surface area contributed by atoms with Crippen LogP contribution in [0.1, 0.15) is 19.3 Å². The first-order valence-corrected chi connectivity index (χ1v) is 5.82. The highest BCUT2D eigenvalue weighted by molar-refractivity contribution is 6.06. The van der Waals surface area contributed by atoms with Crippen LogP contribution in [0.2, 0.25) is 0 Å². The molecule has 3 rings (SSSR count). The highest BCUT2D eigenvalue weighted by Gasteiger charge is 2.62. The van der Waals surface area contributed by atoms with Gasteiger partial charge in [0.25, 0.3) is 0 Å². The number of carbonyl (C=O) groups is 3. The van der Waals surface area contributed by atoms with Crippen molar-refractivity contribution in [3.63, 3.8) is 0 Å². The molecular formula is C11H13NO5. The smallest absolute Gasteiger partial charge is 0.305 e. The molecule has 0 aromatic rings. The molecule has 2 bridgehead atoms. The Labute approximate surface area is 97.5 Å². The van der Waals surface area contributed by atoms with Crippen LogP contribution >= 0.6 is 0 Å². The van der Waals surface area contributed by atoms with E-state index in [0.29, 0.717) is 0 Å². The Kier molecular flexibility index (Phi) is 2.22. The first-order chi connectivity index (χ1) is 8.09. The predicted octanol–water partition coefficient (Wildman–Crippen LogP) is -0.377. The van der Waals surface area contributed by atoms with Crippen LogP contribution in [0, 0.1) is 11.8 Å². The van der Waals surface area contributed by atoms with E-state index in [9.17, 15) is 14.4 Å². The molecule has 3 heterocycles. The molecule has 3 aliphatic rings. The quantitative estimate of drug-likeness (QED) is 0.679. The Morgan fingerprint density at radius 2 is 1.76 bits per heavy atom. The van der Waals surface area contributed by atoms with Crippen LogP contribution in [0.4, 0.5) is 0 Å². The zero-order chi connectivity index (χ0) is 12.2. The number of hydrogen-bond donors (Lipinski definition) is 1. The predicted molar refractivity (Wildman–Crippen MR) is 53.8 cm³/mol. The van der Waals surface area contributed by atoms with Gasteiger partial charge in [-0.1, -0.05) is 0 Å². The zero-order valence-corrected chi connectivity index (χ0v) is 9.17. The highest BCUT2D eigenvalue weighted by atomic mass is 16.5. The standard InChI is InChI=1S/C11H13NO5/c13-7(14)3-4-12-10(15)8-5-1-2-6(17-5)9(8)11(12)16/h5-6,8-9H,1-4H2,(H,13,14). The fourth-order valence-electron chi connectivity index (χ4n) is 3.20. The van der Waals surface area contributed by atoms with Gasteiger partial charge >= 0.3 is 5.97 Å². The van der Waals surface area contributed by atoms with Crippen LogP contribution < -0.4 is 0 Å². The second kappa shape index (κ2) is 3.53. The molecule has 6 nitrogen and oxygen atoms in total. The van der Waals surface area contributed by atoms with Gasteiger partial charge < -0.3 is 9.84 Å². The van der Waals surface area contributed by atoms with Gasteiger partial charge in [0.1, 0.15) is 0 Å². The highest BCUT2D eigenvalue weighted by Crippen LogP contribution is 2.48. The Morgan fingerprint density at radius 3 is 2.24 bits per heavy atom. The third kappa shape index (κ3) is 1.40. The molecule has 6 heteroatoms. The summed E-state index contributed by atoms with van der Waals surface area (Å²) in [7, 11) is 0. The summed E-state index contributed by atoms with van der Waals surface area (Å²) in [4.78, 5) is 35.7. The zero-order valence-electron chi connectivity index (χ0n) is 9.17. The third-order valence-corrected chi connectivity index (χ3v) is 3.92. The molecule has 0 spiro atoms. The van der Waals surface area contributed by atoms with E-state index in [0.717, 1.165) is 17.7 Å². The van der Waals surface area contributed by atoms with Crippen LogP contribution in [0.3, 0.4) is 0 Å². The lowest BCUT2D eigenvalue weighted by Gasteiger charge is -2.15. The molecule has 92 valence electrons. The fraction of sp³-hybridized carbons (Fsp3) is 0.727. The minimum absolute atomic E-state index is 0.0144. The number of nitrogens with zero attached hydrogens (tertiary/aromatic N) is 1. The summed E-state index contributed by atoms with van der Waals surface area (Å²) in [5, 5.41) is 8.59. The molecule has 0 aromatic heterocycles. The van der Waals surface area contributed by atoms with E-state index in [1.165, 1.54) is 0 Å². The lowest BCUT2D eigenvalue weighted by atomic mass is 9.81. The van der Waals surface area contributed by atoms with Crippen LogP contribution in [-0.2, 0) is 19.1 Å². The molecule has 3 aliphatic heterocycles. The molecule has 0 radical (unpaired) electrons. The molecule has 0 aliphatic carbocycles. The van der Waals surface area contributed by atoms with E-state index in [2.05, 4.69) is 0 Å². The number of fused-ring (bicyclic) bond motifs is 5. The number of amides is 2. The van der Waals surface area contributed by atoms with Crippen LogP contribution in [-0.4, -0.2) is 46.5 Å². The lowest BCUT2D eigenvalue weighted by molar-refractivity contribution is -0.144.